The van der Waals surface area contributed by atoms with Crippen LogP contribution in [-0.2, 0) is 12.0 Å². The molecule has 0 fully saturated rings. The van der Waals surface area contributed by atoms with Crippen LogP contribution < -0.4 is 5.43 Å². The van der Waals surface area contributed by atoms with Crippen LogP contribution in [0.1, 0.15) is 43.6 Å². The molecular formula is C15H20N4O. The molecule has 20 heavy (non-hydrogen) atoms. The van der Waals surface area contributed by atoms with Crippen LogP contribution in [0.4, 0.5) is 0 Å². The predicted molar refractivity (Wildman–Crippen MR) is 77.8 cm³/mol. The lowest BCUT2D eigenvalue weighted by Gasteiger charge is -2.21. The zero-order valence-corrected chi connectivity index (χ0v) is 12.1. The van der Waals surface area contributed by atoms with Gasteiger partial charge in [-0.1, -0.05) is 18.2 Å². The minimum atomic E-state index is -0.575. The smallest absolute Gasteiger partial charge is 0.110 e. The van der Waals surface area contributed by atoms with Gasteiger partial charge >= 0.3 is 0 Å². The van der Waals surface area contributed by atoms with Gasteiger partial charge < -0.3 is 10.5 Å². The van der Waals surface area contributed by atoms with Crippen LogP contribution in [0.2, 0.25) is 0 Å². The second-order valence-electron chi connectivity index (χ2n) is 5.66. The van der Waals surface area contributed by atoms with Crippen LogP contribution in [0.15, 0.2) is 23.2 Å². The lowest BCUT2D eigenvalue weighted by molar-refractivity contribution is 0.198. The van der Waals surface area contributed by atoms with Gasteiger partial charge in [-0.05, 0) is 37.5 Å². The van der Waals surface area contributed by atoms with Crippen LogP contribution >= 0.6 is 0 Å². The Balaban J connectivity index is 2.33. The Bertz CT molecular complexity index is 549. The number of benzene rings is 1. The van der Waals surface area contributed by atoms with Gasteiger partial charge in [-0.25, -0.2) is 0 Å². The van der Waals surface area contributed by atoms with Gasteiger partial charge in [-0.15, -0.1) is 0 Å². The number of hydrogen-bond donors (Lipinski definition) is 2. The van der Waals surface area contributed by atoms with Crippen LogP contribution in [0.5, 0.6) is 0 Å². The van der Waals surface area contributed by atoms with Gasteiger partial charge in [0.1, 0.15) is 6.67 Å². The first kappa shape index (κ1) is 14.5. The van der Waals surface area contributed by atoms with Crippen molar-refractivity contribution in [2.75, 3.05) is 6.67 Å². The minimum absolute atomic E-state index is 0.550. The van der Waals surface area contributed by atoms with E-state index >= 15 is 0 Å². The fourth-order valence-corrected chi connectivity index (χ4v) is 2.09. The Hall–Kier alpha value is -1.90. The fourth-order valence-electron chi connectivity index (χ4n) is 2.09. The molecular weight excluding hydrogens is 252 g/mol. The second kappa shape index (κ2) is 5.61. The summed E-state index contributed by atoms with van der Waals surface area (Å²) in [7, 11) is 0. The first-order valence-corrected chi connectivity index (χ1v) is 6.65. The Morgan fingerprint density at radius 2 is 2.25 bits per heavy atom. The molecule has 1 aromatic rings. The van der Waals surface area contributed by atoms with Gasteiger partial charge in [-0.2, -0.15) is 10.3 Å². The molecule has 0 saturated carbocycles. The summed E-state index contributed by atoms with van der Waals surface area (Å²) >= 11 is 0. The minimum Gasteiger partial charge on any atom is -0.389 e. The zero-order chi connectivity index (χ0) is 14.8. The second-order valence-corrected chi connectivity index (χ2v) is 5.66. The van der Waals surface area contributed by atoms with E-state index in [1.807, 2.05) is 37.1 Å². The van der Waals surface area contributed by atoms with E-state index in [1.165, 1.54) is 0 Å². The van der Waals surface area contributed by atoms with Gasteiger partial charge in [-0.3, -0.25) is 4.99 Å². The summed E-state index contributed by atoms with van der Waals surface area (Å²) in [5.74, 6) is 0. The molecule has 0 aliphatic carbocycles. The first-order valence-electron chi connectivity index (χ1n) is 6.65. The van der Waals surface area contributed by atoms with E-state index in [-0.39, 0.29) is 0 Å². The monoisotopic (exact) mass is 272 g/mol. The van der Waals surface area contributed by atoms with Gasteiger partial charge in [0.25, 0.3) is 0 Å². The molecule has 1 atom stereocenters. The number of nitrogens with one attached hydrogen (secondary N) is 1. The van der Waals surface area contributed by atoms with Crippen molar-refractivity contribution in [2.24, 2.45) is 4.99 Å². The molecule has 0 aromatic heterocycles. The van der Waals surface area contributed by atoms with Crippen LogP contribution in [-0.4, -0.2) is 23.1 Å². The van der Waals surface area contributed by atoms with Crippen molar-refractivity contribution in [3.05, 3.63) is 34.9 Å². The Kier molecular flexibility index (Phi) is 4.07. The van der Waals surface area contributed by atoms with Crippen molar-refractivity contribution in [3.8, 4) is 6.07 Å². The largest absolute Gasteiger partial charge is 0.389 e. The maximum Gasteiger partial charge on any atom is 0.110 e. The molecule has 2 rings (SSSR count). The third kappa shape index (κ3) is 3.16. The van der Waals surface area contributed by atoms with Crippen molar-refractivity contribution >= 4 is 6.34 Å². The van der Waals surface area contributed by atoms with Crippen molar-refractivity contribution in [2.45, 2.75) is 38.8 Å². The summed E-state index contributed by atoms with van der Waals surface area (Å²) in [5.41, 5.74) is 5.28. The maximum atomic E-state index is 9.84. The number of nitrogens with zero attached hydrogens (tertiary/aromatic N) is 3. The Labute approximate surface area is 119 Å². The van der Waals surface area contributed by atoms with Crippen LogP contribution in [0.3, 0.4) is 0 Å². The van der Waals surface area contributed by atoms with E-state index in [4.69, 9.17) is 0 Å². The highest BCUT2D eigenvalue weighted by Gasteiger charge is 2.22. The number of nitriles is 1. The molecule has 1 aliphatic heterocycles. The molecule has 5 heteroatoms. The lowest BCUT2D eigenvalue weighted by atomic mass is 9.84. The molecule has 1 aromatic carbocycles. The quantitative estimate of drug-likeness (QED) is 0.877. The van der Waals surface area contributed by atoms with E-state index in [2.05, 4.69) is 16.5 Å². The third-order valence-corrected chi connectivity index (χ3v) is 3.46. The van der Waals surface area contributed by atoms with Crippen molar-refractivity contribution in [1.82, 2.24) is 10.4 Å². The number of hydrogen-bond acceptors (Lipinski definition) is 5. The molecule has 1 heterocycles. The summed E-state index contributed by atoms with van der Waals surface area (Å²) in [6.45, 7) is 6.79. The fraction of sp³-hybridized carbons (Fsp3) is 0.467. The molecule has 0 bridgehead atoms. The number of rotatable bonds is 4. The van der Waals surface area contributed by atoms with Gasteiger partial charge in [0, 0.05) is 6.54 Å². The molecule has 5 nitrogen and oxygen atoms in total. The number of aliphatic hydroxyl groups is 1. The van der Waals surface area contributed by atoms with E-state index in [0.717, 1.165) is 16.7 Å². The van der Waals surface area contributed by atoms with E-state index in [1.54, 1.807) is 13.3 Å². The number of hydrazine groups is 1. The number of aliphatic hydroxyl groups excluding tert-OH is 1. The van der Waals surface area contributed by atoms with Gasteiger partial charge in [0.15, 0.2) is 0 Å². The average Bonchev–Trinajstić information content (AvgIpc) is 2.91. The predicted octanol–water partition coefficient (Wildman–Crippen LogP) is 1.85. The topological polar surface area (TPSA) is 71.7 Å². The standard InChI is InChI=1S/C15H20N4O/c1-11(20)13-4-12(7-19-10-17-9-18-19)5-14(6-13)15(2,3)8-16/h4-6,9,11,20H,7,10H2,1-3H3,(H,17,18). The first-order chi connectivity index (χ1) is 9.42. The Morgan fingerprint density at radius 3 is 2.80 bits per heavy atom. The highest BCUT2D eigenvalue weighted by molar-refractivity contribution is 5.55. The maximum absolute atomic E-state index is 9.84. The molecule has 106 valence electrons. The summed E-state index contributed by atoms with van der Waals surface area (Å²) in [6.07, 6.45) is 1.12. The molecule has 0 radical (unpaired) electrons. The Morgan fingerprint density at radius 1 is 1.50 bits per heavy atom. The van der Waals surface area contributed by atoms with Gasteiger partial charge in [0.2, 0.25) is 0 Å². The number of aliphatic imine (C=N–C) groups is 1. The van der Waals surface area contributed by atoms with Crippen LogP contribution in [0.25, 0.3) is 0 Å². The summed E-state index contributed by atoms with van der Waals surface area (Å²) in [4.78, 5) is 4.09. The van der Waals surface area contributed by atoms with E-state index in [0.29, 0.717) is 13.2 Å². The zero-order valence-electron chi connectivity index (χ0n) is 12.1. The van der Waals surface area contributed by atoms with Crippen molar-refractivity contribution < 1.29 is 5.11 Å². The van der Waals surface area contributed by atoms with E-state index < -0.39 is 11.5 Å². The molecule has 1 aliphatic rings. The summed E-state index contributed by atoms with van der Waals surface area (Å²) in [5, 5.41) is 21.1. The molecule has 1 unspecified atom stereocenters. The highest BCUT2D eigenvalue weighted by atomic mass is 16.3. The van der Waals surface area contributed by atoms with Crippen LogP contribution in [0, 0.1) is 11.3 Å². The lowest BCUT2D eigenvalue weighted by Crippen LogP contribution is -2.31. The summed E-state index contributed by atoms with van der Waals surface area (Å²) < 4.78 is 0. The van der Waals surface area contributed by atoms with Gasteiger partial charge in [0.05, 0.1) is 23.9 Å². The summed E-state index contributed by atoms with van der Waals surface area (Å²) in [6, 6.07) is 8.21. The molecule has 0 saturated heterocycles. The van der Waals surface area contributed by atoms with E-state index in [9.17, 15) is 10.4 Å². The molecule has 2 N–H and O–H groups in total. The highest BCUT2D eigenvalue weighted by Crippen LogP contribution is 2.27. The van der Waals surface area contributed by atoms with Crippen molar-refractivity contribution in [3.63, 3.8) is 0 Å². The average molecular weight is 272 g/mol. The third-order valence-electron chi connectivity index (χ3n) is 3.46. The normalized spacial score (nSPS) is 16.8. The molecule has 0 spiro atoms. The van der Waals surface area contributed by atoms with Crippen molar-refractivity contribution in [1.29, 1.82) is 5.26 Å². The SMILES string of the molecule is CC(O)c1cc(CN2CN=CN2)cc(C(C)(C)C#N)c1. The molecule has 0 amide bonds.